The Morgan fingerprint density at radius 1 is 1.21 bits per heavy atom. The van der Waals surface area contributed by atoms with Crippen molar-refractivity contribution in [3.63, 3.8) is 0 Å². The van der Waals surface area contributed by atoms with E-state index < -0.39 is 0 Å². The fourth-order valence-corrected chi connectivity index (χ4v) is 2.93. The first-order valence-corrected chi connectivity index (χ1v) is 6.87. The smallest absolute Gasteiger partial charge is 0.166 e. The molecule has 1 N–H and O–H groups in total. The first-order chi connectivity index (χ1) is 8.74. The predicted octanol–water partition coefficient (Wildman–Crippen LogP) is 2.08. The maximum Gasteiger partial charge on any atom is 0.166 e. The first kappa shape index (κ1) is 14.2. The number of hydroxylamine groups is 2. The van der Waals surface area contributed by atoms with Gasteiger partial charge in [0.25, 0.3) is 0 Å². The monoisotopic (exact) mass is 261 g/mol. The Kier molecular flexibility index (Phi) is 3.54. The molecule has 2 unspecified atom stereocenters. The van der Waals surface area contributed by atoms with Crippen LogP contribution in [0.5, 0.6) is 0 Å². The molecule has 1 heterocycles. The Labute approximate surface area is 115 Å². The van der Waals surface area contributed by atoms with Gasteiger partial charge in [-0.15, -0.1) is 0 Å². The van der Waals surface area contributed by atoms with Crippen LogP contribution < -0.4 is 5.06 Å². The van der Waals surface area contributed by atoms with Crippen molar-refractivity contribution >= 4 is 5.78 Å². The second-order valence-electron chi connectivity index (χ2n) is 6.96. The molecule has 1 fully saturated rings. The maximum absolute atomic E-state index is 12.7. The number of quaternary nitrogens is 1. The number of hydrogen-bond donors (Lipinski definition) is 1. The van der Waals surface area contributed by atoms with E-state index in [0.29, 0.717) is 13.0 Å². The molecule has 1 aromatic carbocycles. The van der Waals surface area contributed by atoms with Gasteiger partial charge in [-0.3, -0.25) is 4.79 Å². The molecule has 19 heavy (non-hydrogen) atoms. The summed E-state index contributed by atoms with van der Waals surface area (Å²) in [5.74, 6) is 0.0915. The zero-order valence-electron chi connectivity index (χ0n) is 12.2. The third-order valence-electron chi connectivity index (χ3n) is 4.40. The number of hydrogen-bond acceptors (Lipinski definition) is 2. The molecule has 0 aliphatic carbocycles. The van der Waals surface area contributed by atoms with Gasteiger partial charge in [-0.25, -0.2) is 0 Å². The summed E-state index contributed by atoms with van der Waals surface area (Å²) < 4.78 is 0. The average molecular weight is 261 g/mol. The van der Waals surface area contributed by atoms with E-state index in [1.54, 1.807) is 0 Å². The van der Waals surface area contributed by atoms with Crippen molar-refractivity contribution in [3.8, 4) is 0 Å². The van der Waals surface area contributed by atoms with E-state index in [-0.39, 0.29) is 27.7 Å². The number of benzene rings is 1. The van der Waals surface area contributed by atoms with E-state index in [2.05, 4.69) is 0 Å². The molecule has 104 valence electrons. The van der Waals surface area contributed by atoms with E-state index in [9.17, 15) is 10.0 Å². The van der Waals surface area contributed by atoms with E-state index in [4.69, 9.17) is 0 Å². The number of nitrogens with one attached hydrogen (secondary N) is 1. The molecule has 0 bridgehead atoms. The van der Waals surface area contributed by atoms with Crippen LogP contribution in [0, 0.1) is 16.5 Å². The van der Waals surface area contributed by atoms with Crippen LogP contribution in [0.3, 0.4) is 0 Å². The first-order valence-electron chi connectivity index (χ1n) is 6.87. The highest BCUT2D eigenvalue weighted by atomic mass is 16.5. The fraction of sp³-hybridized carbons (Fsp3) is 0.562. The SMILES string of the molecule is CC1(C)C[NH+]([O-])C(C)(C)CC1C(=O)c1ccccc1. The number of ketones is 1. The number of carbonyl (C=O) groups excluding carboxylic acids is 1. The van der Waals surface area contributed by atoms with Gasteiger partial charge in [0.15, 0.2) is 5.78 Å². The van der Waals surface area contributed by atoms with Gasteiger partial charge in [0.1, 0.15) is 0 Å². The maximum atomic E-state index is 12.7. The third kappa shape index (κ3) is 2.72. The van der Waals surface area contributed by atoms with Crippen LogP contribution in [0.15, 0.2) is 30.3 Å². The molecular weight excluding hydrogens is 238 g/mol. The van der Waals surface area contributed by atoms with Crippen molar-refractivity contribution in [3.05, 3.63) is 41.1 Å². The van der Waals surface area contributed by atoms with Gasteiger partial charge >= 0.3 is 0 Å². The van der Waals surface area contributed by atoms with Crippen molar-refractivity contribution in [2.75, 3.05) is 6.54 Å². The summed E-state index contributed by atoms with van der Waals surface area (Å²) >= 11 is 0. The lowest BCUT2D eigenvalue weighted by Gasteiger charge is -2.51. The molecular formula is C16H23NO2. The van der Waals surface area contributed by atoms with Gasteiger partial charge in [-0.2, -0.15) is 0 Å². The quantitative estimate of drug-likeness (QED) is 0.654. The molecule has 1 aliphatic heterocycles. The summed E-state index contributed by atoms with van der Waals surface area (Å²) in [4.78, 5) is 12.7. The second-order valence-corrected chi connectivity index (χ2v) is 6.96. The molecule has 2 atom stereocenters. The van der Waals surface area contributed by atoms with Crippen LogP contribution in [-0.2, 0) is 0 Å². The molecule has 1 aliphatic rings. The molecule has 0 radical (unpaired) electrons. The lowest BCUT2D eigenvalue weighted by atomic mass is 9.66. The van der Waals surface area contributed by atoms with E-state index in [1.807, 2.05) is 58.0 Å². The van der Waals surface area contributed by atoms with Crippen molar-refractivity contribution in [1.29, 1.82) is 0 Å². The van der Waals surface area contributed by atoms with Crippen molar-refractivity contribution < 1.29 is 9.86 Å². The van der Waals surface area contributed by atoms with Gasteiger partial charge in [0.05, 0.1) is 12.1 Å². The van der Waals surface area contributed by atoms with Gasteiger partial charge in [0.2, 0.25) is 0 Å². The topological polar surface area (TPSA) is 44.6 Å². The van der Waals surface area contributed by atoms with E-state index in [1.165, 1.54) is 0 Å². The van der Waals surface area contributed by atoms with Crippen LogP contribution in [-0.4, -0.2) is 17.9 Å². The van der Waals surface area contributed by atoms with E-state index in [0.717, 1.165) is 5.56 Å². The van der Waals surface area contributed by atoms with Gasteiger partial charge in [0, 0.05) is 23.3 Å². The third-order valence-corrected chi connectivity index (χ3v) is 4.40. The van der Waals surface area contributed by atoms with Gasteiger partial charge in [-0.05, 0) is 13.8 Å². The summed E-state index contributed by atoms with van der Waals surface area (Å²) in [5.41, 5.74) is 0.121. The molecule has 1 aromatic rings. The molecule has 0 spiro atoms. The fourth-order valence-electron chi connectivity index (χ4n) is 2.93. The highest BCUT2D eigenvalue weighted by Gasteiger charge is 2.48. The minimum absolute atomic E-state index is 0.0809. The number of rotatable bonds is 2. The molecule has 3 nitrogen and oxygen atoms in total. The van der Waals surface area contributed by atoms with Gasteiger partial charge in [-0.1, -0.05) is 44.2 Å². The molecule has 0 saturated carbocycles. The normalized spacial score (nSPS) is 28.9. The lowest BCUT2D eigenvalue weighted by molar-refractivity contribution is -0.915. The molecule has 0 aromatic heterocycles. The number of Topliss-reactive ketones (excluding diaryl/α,β-unsaturated/α-hetero) is 1. The highest BCUT2D eigenvalue weighted by molar-refractivity contribution is 5.98. The van der Waals surface area contributed by atoms with Crippen LogP contribution in [0.1, 0.15) is 44.5 Å². The second kappa shape index (κ2) is 4.73. The van der Waals surface area contributed by atoms with Crippen molar-refractivity contribution in [1.82, 2.24) is 0 Å². The summed E-state index contributed by atoms with van der Waals surface area (Å²) in [6.45, 7) is 8.46. The molecule has 1 saturated heterocycles. The molecule has 3 heteroatoms. The van der Waals surface area contributed by atoms with Crippen LogP contribution in [0.25, 0.3) is 0 Å². The molecule has 0 amide bonds. The van der Waals surface area contributed by atoms with Gasteiger partial charge < -0.3 is 10.3 Å². The minimum atomic E-state index is -0.384. The summed E-state index contributed by atoms with van der Waals surface area (Å²) in [6, 6.07) is 9.42. The lowest BCUT2D eigenvalue weighted by Crippen LogP contribution is -3.18. The Morgan fingerprint density at radius 2 is 1.79 bits per heavy atom. The summed E-state index contributed by atoms with van der Waals surface area (Å²) in [6.07, 6.45) is 0.645. The average Bonchev–Trinajstić information content (AvgIpc) is 2.34. The largest absolute Gasteiger partial charge is 0.634 e. The summed E-state index contributed by atoms with van der Waals surface area (Å²) in [7, 11) is 0. The van der Waals surface area contributed by atoms with Crippen LogP contribution >= 0.6 is 0 Å². The standard InChI is InChI=1S/C16H23NO2/c1-15(2)11-17(19)16(3,4)10-13(15)14(18)12-8-6-5-7-9-12/h5-9,13,17H,10-11H2,1-4H3. The van der Waals surface area contributed by atoms with Crippen molar-refractivity contribution in [2.24, 2.45) is 11.3 Å². The number of carbonyl (C=O) groups is 1. The Balaban J connectivity index is 2.30. The predicted molar refractivity (Wildman–Crippen MR) is 75.9 cm³/mol. The van der Waals surface area contributed by atoms with Crippen LogP contribution in [0.4, 0.5) is 0 Å². The summed E-state index contributed by atoms with van der Waals surface area (Å²) in [5, 5.41) is 12.4. The zero-order chi connectivity index (χ0) is 14.3. The minimum Gasteiger partial charge on any atom is -0.634 e. The zero-order valence-corrected chi connectivity index (χ0v) is 12.2. The Bertz CT molecular complexity index is 465. The van der Waals surface area contributed by atoms with Crippen LogP contribution in [0.2, 0.25) is 0 Å². The Hall–Kier alpha value is -1.19. The number of piperidine rings is 1. The molecule has 2 rings (SSSR count). The van der Waals surface area contributed by atoms with Crippen molar-refractivity contribution in [2.45, 2.75) is 39.7 Å². The highest BCUT2D eigenvalue weighted by Crippen LogP contribution is 2.37. The van der Waals surface area contributed by atoms with E-state index >= 15 is 0 Å². The Morgan fingerprint density at radius 3 is 2.37 bits per heavy atom.